The van der Waals surface area contributed by atoms with Crippen LogP contribution in [0.15, 0.2) is 12.1 Å². The topological polar surface area (TPSA) is 26.3 Å². The van der Waals surface area contributed by atoms with E-state index in [4.69, 9.17) is 16.3 Å². The van der Waals surface area contributed by atoms with Crippen molar-refractivity contribution >= 4 is 17.4 Å². The van der Waals surface area contributed by atoms with Crippen LogP contribution in [0.1, 0.15) is 41.8 Å². The van der Waals surface area contributed by atoms with E-state index < -0.39 is 0 Å². The molecule has 0 N–H and O–H groups in total. The first-order valence-corrected chi connectivity index (χ1v) is 6.36. The van der Waals surface area contributed by atoms with Gasteiger partial charge >= 0.3 is 0 Å². The zero-order valence-electron chi connectivity index (χ0n) is 10.8. The molecule has 0 saturated carbocycles. The molecule has 0 saturated heterocycles. The van der Waals surface area contributed by atoms with Crippen LogP contribution in [0.3, 0.4) is 0 Å². The van der Waals surface area contributed by atoms with Gasteiger partial charge in [0, 0.05) is 17.9 Å². The summed E-state index contributed by atoms with van der Waals surface area (Å²) in [4.78, 5) is 11.8. The van der Waals surface area contributed by atoms with E-state index in [0.717, 1.165) is 22.4 Å². The van der Waals surface area contributed by atoms with Crippen LogP contribution in [0.2, 0.25) is 0 Å². The molecule has 0 radical (unpaired) electrons. The highest BCUT2D eigenvalue weighted by atomic mass is 35.5. The maximum absolute atomic E-state index is 11.8. The van der Waals surface area contributed by atoms with Crippen LogP contribution in [-0.4, -0.2) is 17.8 Å². The highest BCUT2D eigenvalue weighted by Gasteiger charge is 2.13. The average Bonchev–Trinajstić information content (AvgIpc) is 2.24. The standard InChI is InChI=1S/C14H19ClO2/c1-9(2)17-14-6-5-12(10(3)11(14)4)13(16)7-8-15/h5-6,9H,7-8H2,1-4H3. The molecule has 0 aliphatic carbocycles. The average molecular weight is 255 g/mol. The van der Waals surface area contributed by atoms with Gasteiger partial charge in [0.25, 0.3) is 0 Å². The second-order valence-electron chi connectivity index (χ2n) is 4.39. The Bertz CT molecular complexity index is 411. The number of hydrogen-bond acceptors (Lipinski definition) is 2. The number of ether oxygens (including phenoxy) is 1. The number of carbonyl (C=O) groups excluding carboxylic acids is 1. The van der Waals surface area contributed by atoms with Gasteiger partial charge in [-0.15, -0.1) is 11.6 Å². The molecule has 0 aromatic heterocycles. The van der Waals surface area contributed by atoms with E-state index in [1.807, 2.05) is 39.8 Å². The van der Waals surface area contributed by atoms with Crippen LogP contribution in [0, 0.1) is 13.8 Å². The van der Waals surface area contributed by atoms with Crippen LogP contribution in [-0.2, 0) is 0 Å². The minimum absolute atomic E-state index is 0.0942. The number of ketones is 1. The molecule has 0 amide bonds. The SMILES string of the molecule is Cc1c(OC(C)C)ccc(C(=O)CCCl)c1C. The van der Waals surface area contributed by atoms with E-state index in [0.29, 0.717) is 12.3 Å². The Kier molecular flexibility index (Phi) is 5.01. The molecule has 0 aliphatic heterocycles. The van der Waals surface area contributed by atoms with Crippen LogP contribution in [0.5, 0.6) is 5.75 Å². The molecule has 0 unspecified atom stereocenters. The van der Waals surface area contributed by atoms with Gasteiger partial charge in [0.2, 0.25) is 0 Å². The third-order valence-corrected chi connectivity index (χ3v) is 2.91. The summed E-state index contributed by atoms with van der Waals surface area (Å²) in [5, 5.41) is 0. The van der Waals surface area contributed by atoms with E-state index in [1.165, 1.54) is 0 Å². The number of carbonyl (C=O) groups is 1. The summed E-state index contributed by atoms with van der Waals surface area (Å²) < 4.78 is 5.68. The number of halogens is 1. The van der Waals surface area contributed by atoms with Crippen LogP contribution in [0.25, 0.3) is 0 Å². The third kappa shape index (κ3) is 3.47. The first kappa shape index (κ1) is 14.0. The van der Waals surface area contributed by atoms with E-state index in [-0.39, 0.29) is 11.9 Å². The van der Waals surface area contributed by atoms with E-state index in [9.17, 15) is 4.79 Å². The lowest BCUT2D eigenvalue weighted by Crippen LogP contribution is -2.09. The van der Waals surface area contributed by atoms with Crippen molar-refractivity contribution in [2.45, 2.75) is 40.2 Å². The number of rotatable bonds is 5. The monoisotopic (exact) mass is 254 g/mol. The summed E-state index contributed by atoms with van der Waals surface area (Å²) in [7, 11) is 0. The van der Waals surface area contributed by atoms with E-state index in [1.54, 1.807) is 0 Å². The van der Waals surface area contributed by atoms with Gasteiger partial charge in [0.1, 0.15) is 5.75 Å². The fourth-order valence-corrected chi connectivity index (χ4v) is 1.87. The third-order valence-electron chi connectivity index (χ3n) is 2.72. The molecule has 1 rings (SSSR count). The normalized spacial score (nSPS) is 10.7. The summed E-state index contributed by atoms with van der Waals surface area (Å²) in [6.45, 7) is 7.90. The lowest BCUT2D eigenvalue weighted by molar-refractivity contribution is 0.0988. The fraction of sp³-hybridized carbons (Fsp3) is 0.500. The van der Waals surface area contributed by atoms with Gasteiger partial charge < -0.3 is 4.74 Å². The van der Waals surface area contributed by atoms with Crippen molar-refractivity contribution in [2.24, 2.45) is 0 Å². The molecule has 3 heteroatoms. The Morgan fingerprint density at radius 1 is 1.29 bits per heavy atom. The van der Waals surface area contributed by atoms with Crippen LogP contribution in [0.4, 0.5) is 0 Å². The molecule has 2 nitrogen and oxygen atoms in total. The lowest BCUT2D eigenvalue weighted by atomic mass is 9.98. The second kappa shape index (κ2) is 6.06. The molecule has 0 spiro atoms. The van der Waals surface area contributed by atoms with Crippen molar-refractivity contribution < 1.29 is 9.53 Å². The maximum atomic E-state index is 11.8. The molecule has 17 heavy (non-hydrogen) atoms. The van der Waals surface area contributed by atoms with Crippen molar-refractivity contribution in [3.05, 3.63) is 28.8 Å². The zero-order chi connectivity index (χ0) is 13.0. The van der Waals surface area contributed by atoms with Crippen molar-refractivity contribution in [2.75, 3.05) is 5.88 Å². The molecule has 0 atom stereocenters. The molecule has 1 aromatic rings. The minimum Gasteiger partial charge on any atom is -0.491 e. The largest absolute Gasteiger partial charge is 0.491 e. The summed E-state index contributed by atoms with van der Waals surface area (Å²) >= 11 is 5.59. The molecule has 0 aliphatic rings. The molecule has 0 bridgehead atoms. The number of Topliss-reactive ketones (excluding diaryl/α,β-unsaturated/α-hetero) is 1. The molecular formula is C14H19ClO2. The predicted octanol–water partition coefficient (Wildman–Crippen LogP) is 3.90. The van der Waals surface area contributed by atoms with Gasteiger partial charge in [-0.05, 0) is 51.0 Å². The molecular weight excluding hydrogens is 236 g/mol. The summed E-state index contributed by atoms with van der Waals surface area (Å²) in [5.74, 6) is 1.30. The Balaban J connectivity index is 3.06. The smallest absolute Gasteiger partial charge is 0.164 e. The Morgan fingerprint density at radius 3 is 2.47 bits per heavy atom. The van der Waals surface area contributed by atoms with Crippen molar-refractivity contribution in [3.8, 4) is 5.75 Å². The van der Waals surface area contributed by atoms with Gasteiger partial charge in [0.15, 0.2) is 5.78 Å². The van der Waals surface area contributed by atoms with E-state index >= 15 is 0 Å². The Hall–Kier alpha value is -1.02. The van der Waals surface area contributed by atoms with Crippen molar-refractivity contribution in [1.82, 2.24) is 0 Å². The lowest BCUT2D eigenvalue weighted by Gasteiger charge is -2.15. The van der Waals surface area contributed by atoms with Gasteiger partial charge in [-0.3, -0.25) is 4.79 Å². The summed E-state index contributed by atoms with van der Waals surface area (Å²) in [5.41, 5.74) is 2.76. The highest BCUT2D eigenvalue weighted by molar-refractivity contribution is 6.19. The van der Waals surface area contributed by atoms with E-state index in [2.05, 4.69) is 0 Å². The Labute approximate surface area is 108 Å². The van der Waals surface area contributed by atoms with Crippen molar-refractivity contribution in [3.63, 3.8) is 0 Å². The van der Waals surface area contributed by atoms with Crippen LogP contribution < -0.4 is 4.74 Å². The van der Waals surface area contributed by atoms with Crippen LogP contribution >= 0.6 is 11.6 Å². The molecule has 0 fully saturated rings. The van der Waals surface area contributed by atoms with Gasteiger partial charge in [0.05, 0.1) is 6.10 Å². The molecule has 1 aromatic carbocycles. The first-order chi connectivity index (χ1) is 7.97. The number of benzene rings is 1. The maximum Gasteiger partial charge on any atom is 0.164 e. The number of hydrogen-bond donors (Lipinski definition) is 0. The van der Waals surface area contributed by atoms with Gasteiger partial charge in [-0.2, -0.15) is 0 Å². The first-order valence-electron chi connectivity index (χ1n) is 5.83. The zero-order valence-corrected chi connectivity index (χ0v) is 11.6. The second-order valence-corrected chi connectivity index (χ2v) is 4.77. The minimum atomic E-state index is 0.0942. The molecule has 94 valence electrons. The number of alkyl halides is 1. The van der Waals surface area contributed by atoms with Crippen molar-refractivity contribution in [1.29, 1.82) is 0 Å². The molecule has 0 heterocycles. The van der Waals surface area contributed by atoms with Gasteiger partial charge in [-0.1, -0.05) is 0 Å². The van der Waals surface area contributed by atoms with Gasteiger partial charge in [-0.25, -0.2) is 0 Å². The quantitative estimate of drug-likeness (QED) is 0.588. The predicted molar refractivity (Wildman–Crippen MR) is 71.3 cm³/mol. The summed E-state index contributed by atoms with van der Waals surface area (Å²) in [6, 6.07) is 3.69. The highest BCUT2D eigenvalue weighted by Crippen LogP contribution is 2.26. The summed E-state index contributed by atoms with van der Waals surface area (Å²) in [6.07, 6.45) is 0.518. The Morgan fingerprint density at radius 2 is 1.94 bits per heavy atom. The fourth-order valence-electron chi connectivity index (χ4n) is 1.70.